The molecule has 0 fully saturated rings. The summed E-state index contributed by atoms with van der Waals surface area (Å²) in [5, 5.41) is 9.34. The summed E-state index contributed by atoms with van der Waals surface area (Å²) in [6.45, 7) is 0. The molecule has 4 aromatic carbocycles. The fourth-order valence-electron chi connectivity index (χ4n) is 6.35. The average molecular weight is 738 g/mol. The first-order valence-corrected chi connectivity index (χ1v) is 16.5. The van der Waals surface area contributed by atoms with Gasteiger partial charge in [0.1, 0.15) is 0 Å². The fraction of sp³-hybridized carbons (Fsp3) is 0.294. The quantitative estimate of drug-likeness (QED) is 0.204. The number of fused-ring (bicyclic) bond motifs is 2. The molecule has 0 aromatic heterocycles. The van der Waals surface area contributed by atoms with Crippen LogP contribution in [0, 0.1) is 3.57 Å². The Morgan fingerprint density at radius 3 is 1.54 bits per heavy atom. The molecule has 2 aliphatic rings. The number of benzene rings is 4. The molecular weight excluding hydrogens is 705 g/mol. The van der Waals surface area contributed by atoms with Gasteiger partial charge in [-0.15, -0.1) is 0 Å². The topological polar surface area (TPSA) is 24.1 Å². The predicted molar refractivity (Wildman–Crippen MR) is 184 cm³/mol. The molecule has 0 bridgehead atoms. The first kappa shape index (κ1) is 31.1. The van der Waals surface area contributed by atoms with E-state index in [1.54, 1.807) is 0 Å². The van der Waals surface area contributed by atoms with Crippen LogP contribution in [0.25, 0.3) is 0 Å². The molecule has 0 spiro atoms. The summed E-state index contributed by atoms with van der Waals surface area (Å²) in [5.41, 5.74) is 8.11. The smallest absolute Gasteiger partial charge is 0.0595 e. The van der Waals surface area contributed by atoms with Gasteiger partial charge < -0.3 is 10.6 Å². The summed E-state index contributed by atoms with van der Waals surface area (Å²) in [7, 11) is 4.06. The third-order valence-corrected chi connectivity index (χ3v) is 10.6. The van der Waals surface area contributed by atoms with E-state index >= 15 is 0 Å². The van der Waals surface area contributed by atoms with Gasteiger partial charge in [0.2, 0.25) is 0 Å². The van der Waals surface area contributed by atoms with Crippen molar-refractivity contribution in [1.82, 2.24) is 10.6 Å². The maximum Gasteiger partial charge on any atom is 0.0595 e. The van der Waals surface area contributed by atoms with Crippen LogP contribution in [0.2, 0.25) is 20.1 Å². The molecule has 6 rings (SSSR count). The zero-order valence-corrected chi connectivity index (χ0v) is 28.2. The van der Waals surface area contributed by atoms with Crippen LogP contribution in [0.5, 0.6) is 0 Å². The van der Waals surface area contributed by atoms with Crippen molar-refractivity contribution >= 4 is 69.0 Å². The Hall–Kier alpha value is -1.31. The maximum atomic E-state index is 6.20. The summed E-state index contributed by atoms with van der Waals surface area (Å²) in [5.74, 6) is 0.807. The molecule has 41 heavy (non-hydrogen) atoms. The Bertz CT molecular complexity index is 1520. The summed E-state index contributed by atoms with van der Waals surface area (Å²) < 4.78 is 1.28. The highest BCUT2D eigenvalue weighted by molar-refractivity contribution is 14.1. The standard InChI is InChI=1S/C17H16Cl2IN.C17H17Cl2N/c1-21-17-7-5-12(10-2-6-15(18)16(19)8-10)13-4-3-11(20)9-14(13)17;1-20-17-9-7-12(13-4-2-3-5-14(13)17)11-6-8-15(18)16(19)10-11/h2-4,6,8-9,12,17,21H,5,7H2,1H3;2-6,8,10,12,17,20H,7,9H2,1H3/t2*12-,17-/m00/s1. The molecule has 2 N–H and O–H groups in total. The highest BCUT2D eigenvalue weighted by atomic mass is 127. The largest absolute Gasteiger partial charge is 0.313 e. The van der Waals surface area contributed by atoms with E-state index in [2.05, 4.69) is 87.8 Å². The van der Waals surface area contributed by atoms with E-state index in [9.17, 15) is 0 Å². The van der Waals surface area contributed by atoms with Crippen LogP contribution in [0.4, 0.5) is 0 Å². The van der Waals surface area contributed by atoms with Crippen LogP contribution in [0.1, 0.15) is 83.0 Å². The Morgan fingerprint density at radius 2 is 1.02 bits per heavy atom. The average Bonchev–Trinajstić information content (AvgIpc) is 2.99. The van der Waals surface area contributed by atoms with Gasteiger partial charge in [-0.05, 0) is 132 Å². The lowest BCUT2D eigenvalue weighted by Gasteiger charge is -2.32. The van der Waals surface area contributed by atoms with Crippen molar-refractivity contribution in [3.8, 4) is 0 Å². The van der Waals surface area contributed by atoms with E-state index in [0.717, 1.165) is 25.7 Å². The highest BCUT2D eigenvalue weighted by Crippen LogP contribution is 2.43. The van der Waals surface area contributed by atoms with Gasteiger partial charge in [-0.1, -0.05) is 88.9 Å². The number of rotatable bonds is 4. The number of hydrogen-bond donors (Lipinski definition) is 2. The molecule has 7 heteroatoms. The molecule has 4 aromatic rings. The maximum absolute atomic E-state index is 6.20. The second-order valence-electron chi connectivity index (χ2n) is 10.7. The Labute approximate surface area is 277 Å². The van der Waals surface area contributed by atoms with Gasteiger partial charge in [-0.25, -0.2) is 0 Å². The summed E-state index contributed by atoms with van der Waals surface area (Å²) in [4.78, 5) is 0. The van der Waals surface area contributed by atoms with Gasteiger partial charge in [0.15, 0.2) is 0 Å². The monoisotopic (exact) mass is 736 g/mol. The molecular formula is C34H33Cl4IN2. The Balaban J connectivity index is 0.000000165. The second kappa shape index (κ2) is 14.0. The van der Waals surface area contributed by atoms with Crippen LogP contribution in [-0.2, 0) is 0 Å². The summed E-state index contributed by atoms with van der Waals surface area (Å²) >= 11 is 26.8. The van der Waals surface area contributed by atoms with Crippen LogP contribution < -0.4 is 10.6 Å². The van der Waals surface area contributed by atoms with Crippen LogP contribution >= 0.6 is 69.0 Å². The molecule has 2 nitrogen and oxygen atoms in total. The third-order valence-electron chi connectivity index (χ3n) is 8.42. The summed E-state index contributed by atoms with van der Waals surface area (Å²) in [6.07, 6.45) is 4.52. The molecule has 0 saturated carbocycles. The zero-order valence-electron chi connectivity index (χ0n) is 23.0. The van der Waals surface area contributed by atoms with Gasteiger partial charge in [0.05, 0.1) is 20.1 Å². The minimum Gasteiger partial charge on any atom is -0.313 e. The zero-order chi connectivity index (χ0) is 29.1. The Kier molecular flexibility index (Phi) is 10.6. The lowest BCUT2D eigenvalue weighted by atomic mass is 9.77. The fourth-order valence-corrected chi connectivity index (χ4v) is 7.48. The van der Waals surface area contributed by atoms with Crippen molar-refractivity contribution in [2.24, 2.45) is 0 Å². The van der Waals surface area contributed by atoms with Crippen LogP contribution in [0.15, 0.2) is 78.9 Å². The minimum atomic E-state index is 0.399. The number of nitrogens with one attached hydrogen (secondary N) is 2. The van der Waals surface area contributed by atoms with E-state index in [4.69, 9.17) is 46.4 Å². The van der Waals surface area contributed by atoms with Crippen LogP contribution in [0.3, 0.4) is 0 Å². The van der Waals surface area contributed by atoms with Crippen molar-refractivity contribution in [3.05, 3.63) is 136 Å². The lowest BCUT2D eigenvalue weighted by molar-refractivity contribution is 0.470. The summed E-state index contributed by atoms with van der Waals surface area (Å²) in [6, 6.07) is 28.3. The molecule has 2 aliphatic carbocycles. The van der Waals surface area contributed by atoms with Crippen molar-refractivity contribution in [2.75, 3.05) is 14.1 Å². The molecule has 0 unspecified atom stereocenters. The molecule has 4 atom stereocenters. The molecule has 0 aliphatic heterocycles. The van der Waals surface area contributed by atoms with E-state index in [1.807, 2.05) is 38.4 Å². The highest BCUT2D eigenvalue weighted by Gasteiger charge is 2.28. The van der Waals surface area contributed by atoms with Crippen molar-refractivity contribution in [3.63, 3.8) is 0 Å². The van der Waals surface area contributed by atoms with Crippen molar-refractivity contribution in [1.29, 1.82) is 0 Å². The molecule has 0 saturated heterocycles. The van der Waals surface area contributed by atoms with Gasteiger partial charge in [0.25, 0.3) is 0 Å². The normalized spacial score (nSPS) is 21.3. The SMILES string of the molecule is CN[C@H]1CC[C@@H](c2ccc(Cl)c(Cl)c2)c2ccc(I)cc21.CN[C@H]1CC[C@@H](c2ccc(Cl)c(Cl)c2)c2ccccc21. The predicted octanol–water partition coefficient (Wildman–Crippen LogP) is 11.0. The number of hydrogen-bond acceptors (Lipinski definition) is 2. The van der Waals surface area contributed by atoms with E-state index in [-0.39, 0.29) is 0 Å². The first-order valence-electron chi connectivity index (χ1n) is 13.9. The van der Waals surface area contributed by atoms with Crippen molar-refractivity contribution < 1.29 is 0 Å². The molecule has 0 radical (unpaired) electrons. The van der Waals surface area contributed by atoms with Crippen LogP contribution in [-0.4, -0.2) is 14.1 Å². The second-order valence-corrected chi connectivity index (χ2v) is 13.6. The molecule has 214 valence electrons. The molecule has 0 amide bonds. The Morgan fingerprint density at radius 1 is 0.537 bits per heavy atom. The van der Waals surface area contributed by atoms with Crippen molar-refractivity contribution in [2.45, 2.75) is 49.6 Å². The van der Waals surface area contributed by atoms with Gasteiger partial charge >= 0.3 is 0 Å². The molecule has 0 heterocycles. The number of halogens is 5. The minimum absolute atomic E-state index is 0.399. The van der Waals surface area contributed by atoms with Gasteiger partial charge in [-0.3, -0.25) is 0 Å². The van der Waals surface area contributed by atoms with Gasteiger partial charge in [-0.2, -0.15) is 0 Å². The van der Waals surface area contributed by atoms with Gasteiger partial charge in [0, 0.05) is 27.5 Å². The first-order chi connectivity index (χ1) is 19.8. The lowest BCUT2D eigenvalue weighted by Crippen LogP contribution is -2.24. The van der Waals surface area contributed by atoms with E-state index in [0.29, 0.717) is 44.0 Å². The van der Waals surface area contributed by atoms with E-state index < -0.39 is 0 Å². The third kappa shape index (κ3) is 6.93. The van der Waals surface area contributed by atoms with E-state index in [1.165, 1.54) is 37.0 Å².